The summed E-state index contributed by atoms with van der Waals surface area (Å²) >= 11 is 1.59. The summed E-state index contributed by atoms with van der Waals surface area (Å²) in [6.45, 7) is 3.47. The van der Waals surface area contributed by atoms with Gasteiger partial charge in [0.05, 0.1) is 11.4 Å². The summed E-state index contributed by atoms with van der Waals surface area (Å²) in [7, 11) is 3.63. The molecule has 0 saturated carbocycles. The third-order valence-corrected chi connectivity index (χ3v) is 7.94. The van der Waals surface area contributed by atoms with Gasteiger partial charge in [-0.25, -0.2) is 0 Å². The number of nitrogens with zero attached hydrogens (tertiary/aromatic N) is 3. The number of hydrogen-bond donors (Lipinski definition) is 0. The maximum atomic E-state index is 13.4. The topological polar surface area (TPSA) is 43.9 Å². The van der Waals surface area contributed by atoms with Crippen LogP contribution >= 0.6 is 11.3 Å². The molecule has 2 fully saturated rings. The quantitative estimate of drug-likeness (QED) is 0.691. The minimum absolute atomic E-state index is 0.0658. The first kappa shape index (κ1) is 22.3. The monoisotopic (exact) mass is 441 g/mol. The molecular formula is C25H35N3O2S. The second kappa shape index (κ2) is 10.1. The molecule has 1 atom stereocenters. The van der Waals surface area contributed by atoms with Gasteiger partial charge in [-0.05, 0) is 62.2 Å². The van der Waals surface area contributed by atoms with Crippen LogP contribution in [-0.2, 0) is 11.2 Å². The van der Waals surface area contributed by atoms with Crippen LogP contribution in [0.5, 0.6) is 0 Å². The van der Waals surface area contributed by atoms with Crippen LogP contribution in [0.3, 0.4) is 0 Å². The summed E-state index contributed by atoms with van der Waals surface area (Å²) in [5.41, 5.74) is 1.13. The number of carbonyl (C=O) groups excluding carboxylic acids is 2. The molecule has 2 saturated heterocycles. The van der Waals surface area contributed by atoms with Gasteiger partial charge in [0.2, 0.25) is 5.91 Å². The van der Waals surface area contributed by atoms with Crippen molar-refractivity contribution in [2.75, 3.05) is 40.3 Å². The van der Waals surface area contributed by atoms with Crippen molar-refractivity contribution in [2.24, 2.45) is 0 Å². The lowest BCUT2D eigenvalue weighted by atomic mass is 9.97. The van der Waals surface area contributed by atoms with Crippen molar-refractivity contribution in [3.8, 4) is 0 Å². The Balaban J connectivity index is 1.60. The average molecular weight is 442 g/mol. The molecule has 1 aromatic carbocycles. The highest BCUT2D eigenvalue weighted by molar-refractivity contribution is 7.21. The predicted molar refractivity (Wildman–Crippen MR) is 128 cm³/mol. The van der Waals surface area contributed by atoms with Gasteiger partial charge in [0.25, 0.3) is 5.91 Å². The Labute approximate surface area is 190 Å². The summed E-state index contributed by atoms with van der Waals surface area (Å²) in [6, 6.07) is 8.49. The molecule has 1 unspecified atom stereocenters. The zero-order valence-electron chi connectivity index (χ0n) is 18.9. The number of likely N-dealkylation sites (tertiary alicyclic amines) is 2. The number of carbonyl (C=O) groups is 2. The first-order chi connectivity index (χ1) is 15.0. The number of thiophene rings is 1. The van der Waals surface area contributed by atoms with E-state index in [1.54, 1.807) is 16.2 Å². The van der Waals surface area contributed by atoms with Crippen molar-refractivity contribution in [1.82, 2.24) is 14.7 Å². The molecular weight excluding hydrogens is 406 g/mol. The van der Waals surface area contributed by atoms with Crippen LogP contribution in [-0.4, -0.2) is 72.8 Å². The molecule has 2 amide bonds. The van der Waals surface area contributed by atoms with E-state index < -0.39 is 0 Å². The number of benzene rings is 1. The Bertz CT molecular complexity index is 917. The van der Waals surface area contributed by atoms with E-state index in [4.69, 9.17) is 0 Å². The second-order valence-corrected chi connectivity index (χ2v) is 10.3. The van der Waals surface area contributed by atoms with Crippen LogP contribution in [0, 0.1) is 0 Å². The minimum Gasteiger partial charge on any atom is -0.344 e. The third-order valence-electron chi connectivity index (χ3n) is 6.74. The fourth-order valence-electron chi connectivity index (χ4n) is 5.03. The Morgan fingerprint density at radius 3 is 2.48 bits per heavy atom. The highest BCUT2D eigenvalue weighted by Crippen LogP contribution is 2.34. The van der Waals surface area contributed by atoms with Crippen LogP contribution in [0.2, 0.25) is 0 Å². The third kappa shape index (κ3) is 5.12. The highest BCUT2D eigenvalue weighted by atomic mass is 32.1. The van der Waals surface area contributed by atoms with E-state index >= 15 is 0 Å². The van der Waals surface area contributed by atoms with Crippen LogP contribution in [0.1, 0.15) is 60.2 Å². The van der Waals surface area contributed by atoms with Crippen molar-refractivity contribution >= 4 is 33.2 Å². The Hall–Kier alpha value is -1.92. The van der Waals surface area contributed by atoms with Crippen LogP contribution in [0.25, 0.3) is 10.1 Å². The smallest absolute Gasteiger partial charge is 0.263 e. The summed E-state index contributed by atoms with van der Waals surface area (Å²) < 4.78 is 1.16. The molecule has 2 aromatic rings. The second-order valence-electron chi connectivity index (χ2n) is 9.24. The van der Waals surface area contributed by atoms with Gasteiger partial charge < -0.3 is 9.80 Å². The van der Waals surface area contributed by atoms with Crippen molar-refractivity contribution in [3.05, 3.63) is 34.7 Å². The molecule has 3 heterocycles. The predicted octanol–water partition coefficient (Wildman–Crippen LogP) is 4.40. The number of hydrogen-bond acceptors (Lipinski definition) is 4. The summed E-state index contributed by atoms with van der Waals surface area (Å²) in [5, 5.41) is 1.17. The molecule has 168 valence electrons. The summed E-state index contributed by atoms with van der Waals surface area (Å²) in [6.07, 6.45) is 8.88. The molecule has 0 aliphatic carbocycles. The maximum Gasteiger partial charge on any atom is 0.263 e. The molecule has 2 aliphatic heterocycles. The van der Waals surface area contributed by atoms with Crippen molar-refractivity contribution in [2.45, 2.75) is 57.4 Å². The van der Waals surface area contributed by atoms with Gasteiger partial charge >= 0.3 is 0 Å². The van der Waals surface area contributed by atoms with Crippen molar-refractivity contribution in [1.29, 1.82) is 0 Å². The number of piperidine rings is 1. The van der Waals surface area contributed by atoms with Gasteiger partial charge in [-0.2, -0.15) is 0 Å². The van der Waals surface area contributed by atoms with Gasteiger partial charge in [0.1, 0.15) is 0 Å². The van der Waals surface area contributed by atoms with Gasteiger partial charge in [-0.1, -0.05) is 37.5 Å². The number of fused-ring (bicyclic) bond motifs is 1. The standard InChI is InChI=1S/C25H35N3O2S/c1-26(2)25(30)24-21(20-12-6-7-13-22(20)31-24)17-19-11-5-3-10-16-28(19)23(29)18-27-14-8-4-9-15-27/h6-7,12-13,19H,3-5,8-11,14-18H2,1-2H3. The molecule has 2 aliphatic rings. The van der Waals surface area contributed by atoms with E-state index in [0.717, 1.165) is 60.5 Å². The fourth-order valence-corrected chi connectivity index (χ4v) is 6.28. The average Bonchev–Trinajstić information content (AvgIpc) is 2.96. The zero-order chi connectivity index (χ0) is 21.8. The fraction of sp³-hybridized carbons (Fsp3) is 0.600. The van der Waals surface area contributed by atoms with E-state index in [2.05, 4.69) is 28.0 Å². The zero-order valence-corrected chi connectivity index (χ0v) is 19.8. The van der Waals surface area contributed by atoms with Crippen molar-refractivity contribution < 1.29 is 9.59 Å². The maximum absolute atomic E-state index is 13.4. The number of rotatable bonds is 5. The minimum atomic E-state index is 0.0658. The van der Waals surface area contributed by atoms with E-state index in [-0.39, 0.29) is 17.9 Å². The first-order valence-corrected chi connectivity index (χ1v) is 12.6. The summed E-state index contributed by atoms with van der Waals surface area (Å²) in [4.78, 5) is 33.3. The molecule has 0 N–H and O–H groups in total. The van der Waals surface area contributed by atoms with Gasteiger partial charge in [-0.15, -0.1) is 11.3 Å². The molecule has 5 nitrogen and oxygen atoms in total. The highest BCUT2D eigenvalue weighted by Gasteiger charge is 2.30. The van der Waals surface area contributed by atoms with Crippen LogP contribution in [0.4, 0.5) is 0 Å². The molecule has 4 rings (SSSR count). The van der Waals surface area contributed by atoms with Gasteiger partial charge in [-0.3, -0.25) is 14.5 Å². The SMILES string of the molecule is CN(C)C(=O)c1sc2ccccc2c1CC1CCCCCN1C(=O)CN1CCCCC1. The first-order valence-electron chi connectivity index (χ1n) is 11.8. The molecule has 0 radical (unpaired) electrons. The largest absolute Gasteiger partial charge is 0.344 e. The Morgan fingerprint density at radius 2 is 1.71 bits per heavy atom. The van der Waals surface area contributed by atoms with Crippen LogP contribution < -0.4 is 0 Å². The van der Waals surface area contributed by atoms with E-state index in [9.17, 15) is 9.59 Å². The van der Waals surface area contributed by atoms with Gasteiger partial charge in [0.15, 0.2) is 0 Å². The van der Waals surface area contributed by atoms with Crippen LogP contribution in [0.15, 0.2) is 24.3 Å². The van der Waals surface area contributed by atoms with E-state index in [0.29, 0.717) is 6.54 Å². The Morgan fingerprint density at radius 1 is 1.00 bits per heavy atom. The lowest BCUT2D eigenvalue weighted by molar-refractivity contribution is -0.134. The van der Waals surface area contributed by atoms with Gasteiger partial charge in [0, 0.05) is 31.4 Å². The van der Waals surface area contributed by atoms with E-state index in [1.807, 2.05) is 20.2 Å². The summed E-state index contributed by atoms with van der Waals surface area (Å²) in [5.74, 6) is 0.338. The van der Waals surface area contributed by atoms with E-state index in [1.165, 1.54) is 31.1 Å². The molecule has 1 aromatic heterocycles. The normalized spacial score (nSPS) is 20.6. The van der Waals surface area contributed by atoms with Crippen molar-refractivity contribution in [3.63, 3.8) is 0 Å². The molecule has 31 heavy (non-hydrogen) atoms. The molecule has 0 bridgehead atoms. The lowest BCUT2D eigenvalue weighted by Gasteiger charge is -2.34. The lowest BCUT2D eigenvalue weighted by Crippen LogP contribution is -2.47. The molecule has 0 spiro atoms. The molecule has 6 heteroatoms. The Kier molecular flexibility index (Phi) is 7.28. The number of amides is 2.